The Balaban J connectivity index is 1.77. The Morgan fingerprint density at radius 1 is 0.903 bits per heavy atom. The van der Waals surface area contributed by atoms with Crippen molar-refractivity contribution >= 4 is 5.91 Å². The zero-order chi connectivity index (χ0) is 22.4. The lowest BCUT2D eigenvalue weighted by molar-refractivity contribution is -0.132. The van der Waals surface area contributed by atoms with E-state index in [-0.39, 0.29) is 11.9 Å². The molecule has 1 saturated heterocycles. The standard InChI is InChI=1S/C24H31NO6/c1-27-17-9-10-20(28-2)18(15-17)19-7-6-12-25(19)23(26)11-8-16-13-21(29-3)24(31-5)22(14-16)30-4/h9-10,13-15,19H,6-8,11-12H2,1-5H3. The van der Waals surface area contributed by atoms with Gasteiger partial charge in [0.15, 0.2) is 11.5 Å². The predicted molar refractivity (Wildman–Crippen MR) is 118 cm³/mol. The lowest BCUT2D eigenvalue weighted by Gasteiger charge is -2.27. The molecule has 31 heavy (non-hydrogen) atoms. The molecule has 7 nitrogen and oxygen atoms in total. The monoisotopic (exact) mass is 429 g/mol. The molecule has 0 radical (unpaired) electrons. The van der Waals surface area contributed by atoms with Crippen LogP contribution in [0.25, 0.3) is 0 Å². The molecule has 1 aliphatic heterocycles. The number of aryl methyl sites for hydroxylation is 1. The Hall–Kier alpha value is -3.09. The second kappa shape index (κ2) is 10.3. The first kappa shape index (κ1) is 22.6. The Morgan fingerprint density at radius 3 is 2.16 bits per heavy atom. The van der Waals surface area contributed by atoms with Gasteiger partial charge in [0, 0.05) is 18.5 Å². The summed E-state index contributed by atoms with van der Waals surface area (Å²) >= 11 is 0. The number of ether oxygens (including phenoxy) is 5. The molecular formula is C24H31NO6. The lowest BCUT2D eigenvalue weighted by atomic mass is 10.0. The molecular weight excluding hydrogens is 398 g/mol. The highest BCUT2D eigenvalue weighted by atomic mass is 16.5. The maximum atomic E-state index is 13.2. The molecule has 1 atom stereocenters. The van der Waals surface area contributed by atoms with Gasteiger partial charge in [0.25, 0.3) is 0 Å². The van der Waals surface area contributed by atoms with Gasteiger partial charge in [-0.3, -0.25) is 4.79 Å². The van der Waals surface area contributed by atoms with Crippen LogP contribution in [0.1, 0.15) is 36.4 Å². The first-order valence-electron chi connectivity index (χ1n) is 10.4. The van der Waals surface area contributed by atoms with E-state index >= 15 is 0 Å². The third-order valence-corrected chi connectivity index (χ3v) is 5.72. The average molecular weight is 430 g/mol. The minimum absolute atomic E-state index is 0.0162. The van der Waals surface area contributed by atoms with Gasteiger partial charge >= 0.3 is 0 Å². The summed E-state index contributed by atoms with van der Waals surface area (Å²) in [6.07, 6.45) is 2.83. The van der Waals surface area contributed by atoms with E-state index in [9.17, 15) is 4.79 Å². The molecule has 0 saturated carbocycles. The summed E-state index contributed by atoms with van der Waals surface area (Å²) in [5.41, 5.74) is 1.94. The van der Waals surface area contributed by atoms with Crippen LogP contribution >= 0.6 is 0 Å². The zero-order valence-corrected chi connectivity index (χ0v) is 18.9. The summed E-state index contributed by atoms with van der Waals surface area (Å²) in [6.45, 7) is 0.735. The maximum absolute atomic E-state index is 13.2. The van der Waals surface area contributed by atoms with Crippen molar-refractivity contribution in [2.75, 3.05) is 42.1 Å². The topological polar surface area (TPSA) is 66.5 Å². The molecule has 3 rings (SSSR count). The van der Waals surface area contributed by atoms with E-state index in [2.05, 4.69) is 0 Å². The van der Waals surface area contributed by atoms with E-state index in [1.165, 1.54) is 0 Å². The molecule has 1 amide bonds. The normalized spacial score (nSPS) is 15.5. The smallest absolute Gasteiger partial charge is 0.223 e. The molecule has 7 heteroatoms. The average Bonchev–Trinajstić information content (AvgIpc) is 3.31. The number of hydrogen-bond donors (Lipinski definition) is 0. The fourth-order valence-electron chi connectivity index (χ4n) is 4.16. The minimum Gasteiger partial charge on any atom is -0.497 e. The van der Waals surface area contributed by atoms with Gasteiger partial charge in [0.2, 0.25) is 11.7 Å². The summed E-state index contributed by atoms with van der Waals surface area (Å²) in [4.78, 5) is 15.1. The van der Waals surface area contributed by atoms with E-state index in [1.807, 2.05) is 35.2 Å². The van der Waals surface area contributed by atoms with E-state index in [0.717, 1.165) is 42.0 Å². The van der Waals surface area contributed by atoms with Crippen LogP contribution < -0.4 is 23.7 Å². The highest BCUT2D eigenvalue weighted by Crippen LogP contribution is 2.40. The highest BCUT2D eigenvalue weighted by molar-refractivity contribution is 5.77. The number of likely N-dealkylation sites (tertiary alicyclic amines) is 1. The molecule has 1 fully saturated rings. The van der Waals surface area contributed by atoms with Crippen molar-refractivity contribution in [1.29, 1.82) is 0 Å². The first-order valence-corrected chi connectivity index (χ1v) is 10.4. The van der Waals surface area contributed by atoms with Crippen LogP contribution in [0.15, 0.2) is 30.3 Å². The summed E-state index contributed by atoms with van der Waals surface area (Å²) in [6, 6.07) is 9.49. The summed E-state index contributed by atoms with van der Waals surface area (Å²) < 4.78 is 27.2. The van der Waals surface area contributed by atoms with Crippen molar-refractivity contribution < 1.29 is 28.5 Å². The number of rotatable bonds is 9. The number of carbonyl (C=O) groups is 1. The minimum atomic E-state index is -0.0162. The van der Waals surface area contributed by atoms with Gasteiger partial charge in [-0.25, -0.2) is 0 Å². The predicted octanol–water partition coefficient (Wildman–Crippen LogP) is 4.03. The number of amides is 1. The third-order valence-electron chi connectivity index (χ3n) is 5.72. The number of benzene rings is 2. The molecule has 0 spiro atoms. The Bertz CT molecular complexity index is 888. The van der Waals surface area contributed by atoms with Gasteiger partial charge < -0.3 is 28.6 Å². The Kier molecular flexibility index (Phi) is 7.50. The van der Waals surface area contributed by atoms with E-state index < -0.39 is 0 Å². The van der Waals surface area contributed by atoms with Crippen molar-refractivity contribution in [2.24, 2.45) is 0 Å². The summed E-state index contributed by atoms with van der Waals surface area (Å²) in [7, 11) is 8.03. The van der Waals surface area contributed by atoms with Crippen LogP contribution in [0.3, 0.4) is 0 Å². The lowest BCUT2D eigenvalue weighted by Crippen LogP contribution is -2.31. The van der Waals surface area contributed by atoms with Crippen molar-refractivity contribution in [3.63, 3.8) is 0 Å². The molecule has 2 aromatic rings. The van der Waals surface area contributed by atoms with Gasteiger partial charge in [-0.2, -0.15) is 0 Å². The largest absolute Gasteiger partial charge is 0.497 e. The number of nitrogens with zero attached hydrogens (tertiary/aromatic N) is 1. The maximum Gasteiger partial charge on any atom is 0.223 e. The second-order valence-corrected chi connectivity index (χ2v) is 7.39. The van der Waals surface area contributed by atoms with Crippen molar-refractivity contribution in [2.45, 2.75) is 31.7 Å². The Labute approximate surface area is 183 Å². The SMILES string of the molecule is COc1ccc(OC)c(C2CCCN2C(=O)CCc2cc(OC)c(OC)c(OC)c2)c1. The first-order chi connectivity index (χ1) is 15.1. The van der Waals surface area contributed by atoms with Crippen LogP contribution in [0, 0.1) is 0 Å². The van der Waals surface area contributed by atoms with Gasteiger partial charge in [-0.15, -0.1) is 0 Å². The molecule has 0 aliphatic carbocycles. The third kappa shape index (κ3) is 4.81. The molecule has 0 N–H and O–H groups in total. The second-order valence-electron chi connectivity index (χ2n) is 7.39. The molecule has 2 aromatic carbocycles. The van der Waals surface area contributed by atoms with E-state index in [1.54, 1.807) is 35.5 Å². The van der Waals surface area contributed by atoms with Crippen LogP contribution in [0.5, 0.6) is 28.7 Å². The molecule has 1 aliphatic rings. The fourth-order valence-corrected chi connectivity index (χ4v) is 4.16. The number of hydrogen-bond acceptors (Lipinski definition) is 6. The Morgan fingerprint density at radius 2 is 1.58 bits per heavy atom. The highest BCUT2D eigenvalue weighted by Gasteiger charge is 2.32. The van der Waals surface area contributed by atoms with Gasteiger partial charge in [-0.1, -0.05) is 0 Å². The fraction of sp³-hybridized carbons (Fsp3) is 0.458. The van der Waals surface area contributed by atoms with Crippen LogP contribution in [-0.4, -0.2) is 52.9 Å². The van der Waals surface area contributed by atoms with Crippen LogP contribution in [0.4, 0.5) is 0 Å². The van der Waals surface area contributed by atoms with E-state index in [4.69, 9.17) is 23.7 Å². The number of carbonyl (C=O) groups excluding carboxylic acids is 1. The molecule has 1 unspecified atom stereocenters. The van der Waals surface area contributed by atoms with Crippen molar-refractivity contribution in [3.05, 3.63) is 41.5 Å². The summed E-state index contributed by atoms with van der Waals surface area (Å²) in [5, 5.41) is 0. The van der Waals surface area contributed by atoms with Gasteiger partial charge in [0.1, 0.15) is 11.5 Å². The van der Waals surface area contributed by atoms with Gasteiger partial charge in [0.05, 0.1) is 41.6 Å². The molecule has 0 aromatic heterocycles. The quantitative estimate of drug-likeness (QED) is 0.600. The molecule has 0 bridgehead atoms. The van der Waals surface area contributed by atoms with Crippen molar-refractivity contribution in [1.82, 2.24) is 4.90 Å². The van der Waals surface area contributed by atoms with Crippen LogP contribution in [-0.2, 0) is 11.2 Å². The van der Waals surface area contributed by atoms with Crippen LogP contribution in [0.2, 0.25) is 0 Å². The van der Waals surface area contributed by atoms with E-state index in [0.29, 0.717) is 30.1 Å². The zero-order valence-electron chi connectivity index (χ0n) is 18.9. The molecule has 168 valence electrons. The van der Waals surface area contributed by atoms with Crippen molar-refractivity contribution in [3.8, 4) is 28.7 Å². The molecule has 1 heterocycles. The number of methoxy groups -OCH3 is 5. The van der Waals surface area contributed by atoms with Gasteiger partial charge in [-0.05, 0) is 55.2 Å². The summed E-state index contributed by atoms with van der Waals surface area (Å²) in [5.74, 6) is 3.36.